The number of carbonyl (C=O) groups is 1. The fourth-order valence-electron chi connectivity index (χ4n) is 3.53. The first-order valence-corrected chi connectivity index (χ1v) is 8.93. The van der Waals surface area contributed by atoms with Crippen LogP contribution in [0.4, 0.5) is 33.3 Å². The second kappa shape index (κ2) is 8.17. The van der Waals surface area contributed by atoms with Gasteiger partial charge in [0.15, 0.2) is 23.4 Å². The summed E-state index contributed by atoms with van der Waals surface area (Å²) in [5.41, 5.74) is -2.96. The fraction of sp³-hybridized carbons (Fsp3) is 0.368. The standard InChI is InChI=1S/C19H18F5N3O4/c1-30-16-13(6-5-12(20)15(16)21)27-10-18(31-2,19(22,23)24)8-14(27)17(28)25-11-4-3-7-26(29)9-11/h3-7,9,14H,8,10H2,1-2H3,(H,25,28)/t14-,18-/m0/s1. The number of aromatic nitrogens is 1. The minimum Gasteiger partial charge on any atom is -0.619 e. The van der Waals surface area contributed by atoms with E-state index in [1.165, 1.54) is 12.1 Å². The summed E-state index contributed by atoms with van der Waals surface area (Å²) in [6.07, 6.45) is -3.53. The lowest BCUT2D eigenvalue weighted by atomic mass is 9.99. The van der Waals surface area contributed by atoms with Gasteiger partial charge < -0.3 is 24.9 Å². The van der Waals surface area contributed by atoms with Crippen LogP contribution in [0.5, 0.6) is 5.75 Å². The van der Waals surface area contributed by atoms with Crippen LogP contribution in [0, 0.1) is 16.8 Å². The molecule has 1 saturated heterocycles. The first-order chi connectivity index (χ1) is 14.5. The molecule has 0 unspecified atom stereocenters. The highest BCUT2D eigenvalue weighted by Gasteiger charge is 2.63. The van der Waals surface area contributed by atoms with Crippen molar-refractivity contribution in [2.24, 2.45) is 0 Å². The SMILES string of the molecule is COc1c(N2C[C@](OC)(C(F)(F)F)C[C@H]2C(=O)Nc2ccc[n+]([O-])c2)ccc(F)c1F. The second-order valence-corrected chi connectivity index (χ2v) is 6.90. The van der Waals surface area contributed by atoms with Crippen LogP contribution in [0.1, 0.15) is 6.42 Å². The van der Waals surface area contributed by atoms with Crippen LogP contribution in [-0.4, -0.2) is 44.5 Å². The zero-order valence-electron chi connectivity index (χ0n) is 16.4. The van der Waals surface area contributed by atoms with Crippen LogP contribution in [-0.2, 0) is 9.53 Å². The molecule has 1 aromatic carbocycles. The van der Waals surface area contributed by atoms with Crippen molar-refractivity contribution in [2.45, 2.75) is 24.2 Å². The van der Waals surface area contributed by atoms with Crippen molar-refractivity contribution >= 4 is 17.3 Å². The monoisotopic (exact) mass is 447 g/mol. The van der Waals surface area contributed by atoms with E-state index in [0.717, 1.165) is 43.6 Å². The smallest absolute Gasteiger partial charge is 0.419 e. The Kier molecular flexibility index (Phi) is 5.94. The number of amides is 1. The second-order valence-electron chi connectivity index (χ2n) is 6.90. The molecule has 3 rings (SSSR count). The highest BCUT2D eigenvalue weighted by atomic mass is 19.4. The topological polar surface area (TPSA) is 77.7 Å². The van der Waals surface area contributed by atoms with Crippen molar-refractivity contribution in [1.29, 1.82) is 0 Å². The summed E-state index contributed by atoms with van der Waals surface area (Å²) in [6, 6.07) is 2.95. The van der Waals surface area contributed by atoms with Crippen molar-refractivity contribution < 1.29 is 41.0 Å². The van der Waals surface area contributed by atoms with E-state index in [1.54, 1.807) is 0 Å². The number of hydrogen-bond donors (Lipinski definition) is 1. The summed E-state index contributed by atoms with van der Waals surface area (Å²) in [5.74, 6) is -4.22. The van der Waals surface area contributed by atoms with Gasteiger partial charge in [0.2, 0.25) is 17.9 Å². The van der Waals surface area contributed by atoms with Crippen molar-refractivity contribution in [2.75, 3.05) is 31.0 Å². The minimum absolute atomic E-state index is 0.0432. The highest BCUT2D eigenvalue weighted by molar-refractivity contribution is 5.97. The molecule has 31 heavy (non-hydrogen) atoms. The van der Waals surface area contributed by atoms with E-state index in [1.807, 2.05) is 0 Å². The quantitative estimate of drug-likeness (QED) is 0.433. The molecule has 0 spiro atoms. The molecule has 2 aromatic rings. The van der Waals surface area contributed by atoms with E-state index >= 15 is 0 Å². The number of hydrogen-bond acceptors (Lipinski definition) is 5. The summed E-state index contributed by atoms with van der Waals surface area (Å²) in [5, 5.41) is 13.8. The molecule has 0 saturated carbocycles. The van der Waals surface area contributed by atoms with Crippen molar-refractivity contribution in [1.82, 2.24) is 0 Å². The van der Waals surface area contributed by atoms with Gasteiger partial charge in [-0.25, -0.2) is 4.39 Å². The first-order valence-electron chi connectivity index (χ1n) is 8.93. The molecule has 1 aliphatic heterocycles. The predicted octanol–water partition coefficient (Wildman–Crippen LogP) is 2.77. The van der Waals surface area contributed by atoms with Crippen LogP contribution < -0.4 is 19.7 Å². The number of ether oxygens (including phenoxy) is 2. The molecule has 1 N–H and O–H groups in total. The molecule has 1 aliphatic rings. The molecule has 0 bridgehead atoms. The molecule has 2 heterocycles. The van der Waals surface area contributed by atoms with Gasteiger partial charge in [-0.2, -0.15) is 22.3 Å². The third-order valence-electron chi connectivity index (χ3n) is 5.12. The maximum Gasteiger partial charge on any atom is 0.419 e. The first kappa shape index (κ1) is 22.5. The number of alkyl halides is 3. The summed E-state index contributed by atoms with van der Waals surface area (Å²) in [6.45, 7) is -0.872. The number of rotatable bonds is 5. The van der Waals surface area contributed by atoms with Crippen LogP contribution in [0.3, 0.4) is 0 Å². The number of halogens is 5. The van der Waals surface area contributed by atoms with Crippen molar-refractivity contribution in [3.63, 3.8) is 0 Å². The number of carbonyl (C=O) groups excluding carboxylic acids is 1. The minimum atomic E-state index is -4.87. The van der Waals surface area contributed by atoms with Gasteiger partial charge in [-0.05, 0) is 18.2 Å². The third kappa shape index (κ3) is 4.07. The maximum absolute atomic E-state index is 14.2. The molecule has 12 heteroatoms. The molecular weight excluding hydrogens is 429 g/mol. The van der Waals surface area contributed by atoms with Gasteiger partial charge in [0, 0.05) is 19.6 Å². The average Bonchev–Trinajstić information content (AvgIpc) is 3.11. The Hall–Kier alpha value is -3.15. The number of nitrogens with one attached hydrogen (secondary N) is 1. The predicted molar refractivity (Wildman–Crippen MR) is 98.5 cm³/mol. The lowest BCUT2D eigenvalue weighted by Crippen LogP contribution is -2.49. The van der Waals surface area contributed by atoms with Crippen LogP contribution in [0.15, 0.2) is 36.7 Å². The van der Waals surface area contributed by atoms with E-state index < -0.39 is 54.1 Å². The lowest BCUT2D eigenvalue weighted by Gasteiger charge is -2.31. The molecule has 2 atom stereocenters. The average molecular weight is 447 g/mol. The van der Waals surface area contributed by atoms with Crippen molar-refractivity contribution in [3.8, 4) is 5.75 Å². The Balaban J connectivity index is 2.05. The van der Waals surface area contributed by atoms with Crippen LogP contribution in [0.25, 0.3) is 0 Å². The molecule has 1 aromatic heterocycles. The normalized spacial score (nSPS) is 21.3. The van der Waals surface area contributed by atoms with Gasteiger partial charge in [-0.1, -0.05) is 0 Å². The number of benzene rings is 1. The summed E-state index contributed by atoms with van der Waals surface area (Å²) in [7, 11) is 1.88. The summed E-state index contributed by atoms with van der Waals surface area (Å²) < 4.78 is 79.5. The summed E-state index contributed by atoms with van der Waals surface area (Å²) in [4.78, 5) is 13.8. The van der Waals surface area contributed by atoms with Crippen LogP contribution >= 0.6 is 0 Å². The molecule has 0 radical (unpaired) electrons. The van der Waals surface area contributed by atoms with E-state index in [-0.39, 0.29) is 11.4 Å². The molecule has 168 valence electrons. The molecule has 1 amide bonds. The van der Waals surface area contributed by atoms with Crippen LogP contribution in [0.2, 0.25) is 0 Å². The van der Waals surface area contributed by atoms with E-state index in [9.17, 15) is 32.0 Å². The number of methoxy groups -OCH3 is 2. The van der Waals surface area contributed by atoms with Gasteiger partial charge in [0.1, 0.15) is 11.7 Å². The zero-order valence-corrected chi connectivity index (χ0v) is 16.4. The van der Waals surface area contributed by atoms with E-state index in [2.05, 4.69) is 5.32 Å². The highest BCUT2D eigenvalue weighted by Crippen LogP contribution is 2.47. The largest absolute Gasteiger partial charge is 0.619 e. The summed E-state index contributed by atoms with van der Waals surface area (Å²) >= 11 is 0. The van der Waals surface area contributed by atoms with Gasteiger partial charge >= 0.3 is 6.18 Å². The number of anilines is 2. The Morgan fingerprint density at radius 1 is 1.29 bits per heavy atom. The van der Waals surface area contributed by atoms with Gasteiger partial charge in [-0.3, -0.25) is 4.79 Å². The molecular formula is C19H18F5N3O4. The Morgan fingerprint density at radius 2 is 2.00 bits per heavy atom. The van der Waals surface area contributed by atoms with E-state index in [0.29, 0.717) is 4.73 Å². The van der Waals surface area contributed by atoms with E-state index in [4.69, 9.17) is 9.47 Å². The fourth-order valence-corrected chi connectivity index (χ4v) is 3.53. The number of pyridine rings is 1. The maximum atomic E-state index is 14.2. The van der Waals surface area contributed by atoms with Gasteiger partial charge in [0.05, 0.1) is 19.3 Å². The zero-order chi connectivity index (χ0) is 23.0. The molecule has 7 nitrogen and oxygen atoms in total. The lowest BCUT2D eigenvalue weighted by molar-refractivity contribution is -0.604. The Bertz CT molecular complexity index is 988. The van der Waals surface area contributed by atoms with Gasteiger partial charge in [0.25, 0.3) is 0 Å². The Labute approximate surface area is 173 Å². The van der Waals surface area contributed by atoms with Crippen molar-refractivity contribution in [3.05, 3.63) is 53.5 Å². The molecule has 1 fully saturated rings. The Morgan fingerprint density at radius 3 is 2.58 bits per heavy atom. The van der Waals surface area contributed by atoms with Gasteiger partial charge in [-0.15, -0.1) is 0 Å². The third-order valence-corrected chi connectivity index (χ3v) is 5.12. The molecule has 0 aliphatic carbocycles. The number of nitrogens with zero attached hydrogens (tertiary/aromatic N) is 2.